The Kier molecular flexibility index (Phi) is 4.65. The van der Waals surface area contributed by atoms with Gasteiger partial charge in [0.25, 0.3) is 0 Å². The van der Waals surface area contributed by atoms with Gasteiger partial charge in [0.15, 0.2) is 0 Å². The normalized spacial score (nSPS) is 22.2. The molecule has 0 saturated carbocycles. The van der Waals surface area contributed by atoms with E-state index in [4.69, 9.17) is 11.6 Å². The highest BCUT2D eigenvalue weighted by Crippen LogP contribution is 2.32. The van der Waals surface area contributed by atoms with Crippen molar-refractivity contribution >= 4 is 21.6 Å². The molecule has 8 heteroatoms. The zero-order valence-electron chi connectivity index (χ0n) is 14.1. The predicted molar refractivity (Wildman–Crippen MR) is 87.6 cm³/mol. The highest BCUT2D eigenvalue weighted by atomic mass is 35.5. The molecule has 2 rings (SSSR count). The SMILES string of the molecule is Cc1nn(C)c(Cl)c1S(=O)(=O)N1CCN(C)C(C(C)(C)C)C1. The molecule has 1 aromatic rings. The summed E-state index contributed by atoms with van der Waals surface area (Å²) in [5, 5.41) is 4.29. The minimum absolute atomic E-state index is 0.00326. The van der Waals surface area contributed by atoms with Crippen molar-refractivity contribution in [2.24, 2.45) is 12.5 Å². The van der Waals surface area contributed by atoms with E-state index < -0.39 is 10.0 Å². The lowest BCUT2D eigenvalue weighted by molar-refractivity contribution is 0.0671. The van der Waals surface area contributed by atoms with Crippen molar-refractivity contribution in [3.63, 3.8) is 0 Å². The molecular weight excluding hydrogens is 324 g/mol. The van der Waals surface area contributed by atoms with Crippen LogP contribution in [0.15, 0.2) is 4.90 Å². The second-order valence-corrected chi connectivity index (χ2v) is 9.29. The van der Waals surface area contributed by atoms with Crippen LogP contribution in [0.25, 0.3) is 0 Å². The van der Waals surface area contributed by atoms with Crippen molar-refractivity contribution in [2.45, 2.75) is 38.6 Å². The molecule has 6 nitrogen and oxygen atoms in total. The first-order valence-electron chi connectivity index (χ1n) is 7.35. The maximum Gasteiger partial charge on any atom is 0.248 e. The van der Waals surface area contributed by atoms with E-state index in [9.17, 15) is 8.42 Å². The summed E-state index contributed by atoms with van der Waals surface area (Å²) in [6.45, 7) is 9.71. The minimum Gasteiger partial charge on any atom is -0.300 e. The molecule has 22 heavy (non-hydrogen) atoms. The quantitative estimate of drug-likeness (QED) is 0.816. The Morgan fingerprint density at radius 2 is 1.82 bits per heavy atom. The van der Waals surface area contributed by atoms with E-state index in [1.54, 1.807) is 18.3 Å². The van der Waals surface area contributed by atoms with Crippen LogP contribution >= 0.6 is 11.6 Å². The summed E-state index contributed by atoms with van der Waals surface area (Å²) in [6.07, 6.45) is 0. The van der Waals surface area contributed by atoms with Crippen LogP contribution in [-0.4, -0.2) is 60.1 Å². The number of nitrogens with zero attached hydrogens (tertiary/aromatic N) is 4. The Hall–Kier alpha value is -0.630. The molecule has 126 valence electrons. The second-order valence-electron chi connectivity index (χ2n) is 7.05. The number of rotatable bonds is 2. The fourth-order valence-electron chi connectivity index (χ4n) is 3.03. The molecule has 1 saturated heterocycles. The van der Waals surface area contributed by atoms with Crippen molar-refractivity contribution in [3.8, 4) is 0 Å². The zero-order chi connectivity index (χ0) is 16.9. The van der Waals surface area contributed by atoms with Crippen LogP contribution in [0.2, 0.25) is 5.15 Å². The lowest BCUT2D eigenvalue weighted by Gasteiger charge is -2.45. The lowest BCUT2D eigenvalue weighted by atomic mass is 9.85. The maximum atomic E-state index is 13.0. The summed E-state index contributed by atoms with van der Waals surface area (Å²) in [5.41, 5.74) is 0.440. The van der Waals surface area contributed by atoms with Gasteiger partial charge in [0.05, 0.1) is 5.69 Å². The highest BCUT2D eigenvalue weighted by molar-refractivity contribution is 7.89. The Labute approximate surface area is 138 Å². The summed E-state index contributed by atoms with van der Waals surface area (Å²) >= 11 is 6.16. The summed E-state index contributed by atoms with van der Waals surface area (Å²) in [6, 6.07) is 0.159. The first kappa shape index (κ1) is 17.7. The smallest absolute Gasteiger partial charge is 0.248 e. The Morgan fingerprint density at radius 3 is 2.27 bits per heavy atom. The molecule has 0 spiro atoms. The van der Waals surface area contributed by atoms with Gasteiger partial charge in [-0.2, -0.15) is 9.40 Å². The molecule has 0 bridgehead atoms. The number of piperazine rings is 1. The number of sulfonamides is 1. The molecule has 0 aliphatic carbocycles. The van der Waals surface area contributed by atoms with Crippen LogP contribution in [-0.2, 0) is 17.1 Å². The van der Waals surface area contributed by atoms with Crippen molar-refractivity contribution in [1.29, 1.82) is 0 Å². The fraction of sp³-hybridized carbons (Fsp3) is 0.786. The molecule has 0 N–H and O–H groups in total. The molecular formula is C14H25ClN4O2S. The highest BCUT2D eigenvalue weighted by Gasteiger charge is 2.40. The van der Waals surface area contributed by atoms with E-state index in [1.807, 2.05) is 7.05 Å². The van der Waals surface area contributed by atoms with E-state index in [1.165, 1.54) is 4.68 Å². The van der Waals surface area contributed by atoms with E-state index in [0.29, 0.717) is 25.3 Å². The third kappa shape index (κ3) is 3.04. The monoisotopic (exact) mass is 348 g/mol. The van der Waals surface area contributed by atoms with Crippen LogP contribution in [0.4, 0.5) is 0 Å². The minimum atomic E-state index is -3.63. The first-order chi connectivity index (χ1) is 9.96. The van der Waals surface area contributed by atoms with Gasteiger partial charge < -0.3 is 4.90 Å². The average Bonchev–Trinajstić information content (AvgIpc) is 2.62. The van der Waals surface area contributed by atoms with Gasteiger partial charge in [-0.25, -0.2) is 8.42 Å². The Balaban J connectivity index is 2.38. The van der Waals surface area contributed by atoms with Crippen LogP contribution in [0.3, 0.4) is 0 Å². The number of aryl methyl sites for hydroxylation is 2. The van der Waals surface area contributed by atoms with Crippen LogP contribution < -0.4 is 0 Å². The Morgan fingerprint density at radius 1 is 1.23 bits per heavy atom. The van der Waals surface area contributed by atoms with Crippen LogP contribution in [0, 0.1) is 12.3 Å². The second kappa shape index (κ2) is 5.78. The van der Waals surface area contributed by atoms with Crippen molar-refractivity contribution in [1.82, 2.24) is 19.0 Å². The van der Waals surface area contributed by atoms with Gasteiger partial charge in [0.2, 0.25) is 10.0 Å². The number of likely N-dealkylation sites (N-methyl/N-ethyl adjacent to an activating group) is 1. The molecule has 1 aromatic heterocycles. The number of halogens is 1. The van der Waals surface area contributed by atoms with Gasteiger partial charge in [-0.05, 0) is 19.4 Å². The average molecular weight is 349 g/mol. The predicted octanol–water partition coefficient (Wildman–Crippen LogP) is 1.73. The molecule has 0 aromatic carbocycles. The third-order valence-corrected chi connectivity index (χ3v) is 6.87. The maximum absolute atomic E-state index is 13.0. The zero-order valence-corrected chi connectivity index (χ0v) is 15.7. The summed E-state index contributed by atoms with van der Waals surface area (Å²) in [4.78, 5) is 2.36. The number of hydrogen-bond donors (Lipinski definition) is 0. The molecule has 0 amide bonds. The molecule has 1 unspecified atom stereocenters. The molecule has 1 atom stereocenters. The van der Waals surface area contributed by atoms with Gasteiger partial charge in [0.1, 0.15) is 10.0 Å². The summed E-state index contributed by atoms with van der Waals surface area (Å²) < 4.78 is 28.9. The molecule has 2 heterocycles. The topological polar surface area (TPSA) is 58.4 Å². The molecule has 1 fully saturated rings. The van der Waals surface area contributed by atoms with Crippen molar-refractivity contribution < 1.29 is 8.42 Å². The molecule has 1 aliphatic heterocycles. The van der Waals surface area contributed by atoms with Gasteiger partial charge in [-0.3, -0.25) is 4.68 Å². The van der Waals surface area contributed by atoms with Gasteiger partial charge in [-0.1, -0.05) is 32.4 Å². The van der Waals surface area contributed by atoms with Gasteiger partial charge >= 0.3 is 0 Å². The van der Waals surface area contributed by atoms with E-state index in [2.05, 4.69) is 30.8 Å². The van der Waals surface area contributed by atoms with Crippen molar-refractivity contribution in [2.75, 3.05) is 26.7 Å². The number of aromatic nitrogens is 2. The molecule has 0 radical (unpaired) electrons. The van der Waals surface area contributed by atoms with Gasteiger partial charge in [0, 0.05) is 32.7 Å². The van der Waals surface area contributed by atoms with E-state index >= 15 is 0 Å². The first-order valence-corrected chi connectivity index (χ1v) is 9.17. The summed E-state index contributed by atoms with van der Waals surface area (Å²) in [7, 11) is 0.0651. The fourth-order valence-corrected chi connectivity index (χ4v) is 5.18. The van der Waals surface area contributed by atoms with Gasteiger partial charge in [-0.15, -0.1) is 0 Å². The molecule has 1 aliphatic rings. The third-order valence-electron chi connectivity index (χ3n) is 4.31. The standard InChI is InChI=1S/C14H25ClN4O2S/c1-10-12(13(15)18(6)16-10)22(20,21)19-8-7-17(5)11(9-19)14(2,3)4/h11H,7-9H2,1-6H3. The van der Waals surface area contributed by atoms with E-state index in [-0.39, 0.29) is 21.5 Å². The van der Waals surface area contributed by atoms with E-state index in [0.717, 1.165) is 0 Å². The number of hydrogen-bond acceptors (Lipinski definition) is 4. The van der Waals surface area contributed by atoms with Crippen LogP contribution in [0.1, 0.15) is 26.5 Å². The summed E-state index contributed by atoms with van der Waals surface area (Å²) in [5.74, 6) is 0. The Bertz CT molecular complexity index is 663. The largest absolute Gasteiger partial charge is 0.300 e. The van der Waals surface area contributed by atoms with Crippen LogP contribution in [0.5, 0.6) is 0 Å². The lowest BCUT2D eigenvalue weighted by Crippen LogP contribution is -2.57. The van der Waals surface area contributed by atoms with Crippen molar-refractivity contribution in [3.05, 3.63) is 10.8 Å².